The topological polar surface area (TPSA) is 98.4 Å². The largest absolute Gasteiger partial charge is 0.493 e. The molecule has 4 aromatic rings. The Morgan fingerprint density at radius 3 is 2.47 bits per heavy atom. The number of nitrogens with zero attached hydrogens (tertiary/aromatic N) is 2. The highest BCUT2D eigenvalue weighted by molar-refractivity contribution is 7.13. The predicted octanol–water partition coefficient (Wildman–Crippen LogP) is 4.16. The fourth-order valence-electron chi connectivity index (χ4n) is 3.24. The van der Waals surface area contributed by atoms with Gasteiger partial charge in [-0.3, -0.25) is 14.9 Å². The second-order valence-corrected chi connectivity index (χ2v) is 7.74. The van der Waals surface area contributed by atoms with E-state index in [1.807, 2.05) is 29.6 Å². The minimum absolute atomic E-state index is 0.259. The summed E-state index contributed by atoms with van der Waals surface area (Å²) in [6.07, 6.45) is 1.75. The van der Waals surface area contributed by atoms with Crippen LogP contribution in [-0.4, -0.2) is 42.4 Å². The molecule has 0 aliphatic heterocycles. The molecule has 0 bridgehead atoms. The molecule has 0 aliphatic carbocycles. The molecule has 164 valence electrons. The van der Waals surface area contributed by atoms with Gasteiger partial charge in [0.15, 0.2) is 11.5 Å². The van der Waals surface area contributed by atoms with Gasteiger partial charge in [-0.25, -0.2) is 0 Å². The number of carbonyl (C=O) groups excluding carboxylic acids is 1. The van der Waals surface area contributed by atoms with Crippen LogP contribution in [0.1, 0.15) is 16.1 Å². The molecule has 2 N–H and O–H groups in total. The fourth-order valence-corrected chi connectivity index (χ4v) is 3.93. The van der Waals surface area contributed by atoms with Gasteiger partial charge >= 0.3 is 0 Å². The Morgan fingerprint density at radius 2 is 1.81 bits per heavy atom. The summed E-state index contributed by atoms with van der Waals surface area (Å²) < 4.78 is 16.1. The number of amides is 1. The number of rotatable bonds is 8. The number of nitrogens with one attached hydrogen (secondary N) is 2. The number of benzene rings is 1. The Labute approximate surface area is 189 Å². The number of methoxy groups -OCH3 is 3. The molecule has 0 atom stereocenters. The zero-order valence-electron chi connectivity index (χ0n) is 17.8. The van der Waals surface area contributed by atoms with E-state index in [9.17, 15) is 4.79 Å². The molecule has 0 saturated carbocycles. The summed E-state index contributed by atoms with van der Waals surface area (Å²) >= 11 is 1.63. The van der Waals surface area contributed by atoms with E-state index in [4.69, 9.17) is 14.2 Å². The minimum atomic E-state index is -0.259. The molecule has 0 aliphatic rings. The van der Waals surface area contributed by atoms with Gasteiger partial charge in [0.1, 0.15) is 5.69 Å². The van der Waals surface area contributed by atoms with E-state index in [2.05, 4.69) is 20.5 Å². The van der Waals surface area contributed by atoms with Gasteiger partial charge in [-0.1, -0.05) is 6.07 Å². The van der Waals surface area contributed by atoms with Crippen LogP contribution in [0.15, 0.2) is 54.0 Å². The first-order valence-corrected chi connectivity index (χ1v) is 10.6. The standard InChI is InChI=1S/C23H22N4O4S/c1-29-19-10-15(11-20(30-2)22(19)31-3)16-12-18(27-26-16)23(28)25-13-14-6-7-24-17(9-14)21-5-4-8-32-21/h4-12H,13H2,1-3H3,(H,25,28)(H,26,27). The molecular weight excluding hydrogens is 428 g/mol. The number of hydrogen-bond acceptors (Lipinski definition) is 7. The van der Waals surface area contributed by atoms with E-state index < -0.39 is 0 Å². The number of thiophene rings is 1. The van der Waals surface area contributed by atoms with Crippen LogP contribution < -0.4 is 19.5 Å². The monoisotopic (exact) mass is 450 g/mol. The molecule has 4 rings (SSSR count). The van der Waals surface area contributed by atoms with Gasteiger partial charge in [0, 0.05) is 18.3 Å². The SMILES string of the molecule is COc1cc(-c2cc(C(=O)NCc3ccnc(-c4cccs4)c3)[nH]n2)cc(OC)c1OC. The fraction of sp³-hybridized carbons (Fsp3) is 0.174. The maximum absolute atomic E-state index is 12.7. The first kappa shape index (κ1) is 21.4. The number of carbonyl (C=O) groups is 1. The van der Waals surface area contributed by atoms with E-state index in [1.54, 1.807) is 57.1 Å². The molecular formula is C23H22N4O4S. The summed E-state index contributed by atoms with van der Waals surface area (Å²) in [5, 5.41) is 12.0. The Morgan fingerprint density at radius 1 is 1.03 bits per heavy atom. The van der Waals surface area contributed by atoms with Gasteiger partial charge in [0.05, 0.1) is 37.6 Å². The molecule has 0 saturated heterocycles. The number of aromatic nitrogens is 3. The molecule has 1 aromatic carbocycles. The summed E-state index contributed by atoms with van der Waals surface area (Å²) in [6, 6.07) is 13.1. The molecule has 1 amide bonds. The number of hydrogen-bond donors (Lipinski definition) is 2. The number of aromatic amines is 1. The second-order valence-electron chi connectivity index (χ2n) is 6.79. The van der Waals surface area contributed by atoms with Crippen LogP contribution in [-0.2, 0) is 6.54 Å². The van der Waals surface area contributed by atoms with Crippen LogP contribution in [0.25, 0.3) is 21.8 Å². The van der Waals surface area contributed by atoms with Crippen molar-refractivity contribution in [2.24, 2.45) is 0 Å². The molecule has 0 unspecified atom stereocenters. The van der Waals surface area contributed by atoms with Crippen LogP contribution in [0.3, 0.4) is 0 Å². The maximum atomic E-state index is 12.7. The number of H-pyrrole nitrogens is 1. The zero-order valence-corrected chi connectivity index (χ0v) is 18.7. The molecule has 3 heterocycles. The lowest BCUT2D eigenvalue weighted by Gasteiger charge is -2.13. The van der Waals surface area contributed by atoms with Gasteiger partial charge in [0.2, 0.25) is 5.75 Å². The van der Waals surface area contributed by atoms with Crippen molar-refractivity contribution in [1.29, 1.82) is 0 Å². The smallest absolute Gasteiger partial charge is 0.269 e. The lowest BCUT2D eigenvalue weighted by Crippen LogP contribution is -2.23. The van der Waals surface area contributed by atoms with E-state index in [0.717, 1.165) is 21.7 Å². The zero-order chi connectivity index (χ0) is 22.5. The van der Waals surface area contributed by atoms with Crippen LogP contribution in [0.5, 0.6) is 17.2 Å². The van der Waals surface area contributed by atoms with Crippen LogP contribution >= 0.6 is 11.3 Å². The third-order valence-electron chi connectivity index (χ3n) is 4.83. The maximum Gasteiger partial charge on any atom is 0.269 e. The van der Waals surface area contributed by atoms with Gasteiger partial charge in [0.25, 0.3) is 5.91 Å². The summed E-state index contributed by atoms with van der Waals surface area (Å²) in [7, 11) is 4.64. The molecule has 0 fully saturated rings. The molecule has 32 heavy (non-hydrogen) atoms. The molecule has 3 aromatic heterocycles. The van der Waals surface area contributed by atoms with Crippen molar-refractivity contribution >= 4 is 17.2 Å². The van der Waals surface area contributed by atoms with Gasteiger partial charge < -0.3 is 19.5 Å². The predicted molar refractivity (Wildman–Crippen MR) is 122 cm³/mol. The van der Waals surface area contributed by atoms with E-state index >= 15 is 0 Å². The number of pyridine rings is 1. The highest BCUT2D eigenvalue weighted by atomic mass is 32.1. The summed E-state index contributed by atoms with van der Waals surface area (Å²) in [6.45, 7) is 0.373. The second kappa shape index (κ2) is 9.52. The summed E-state index contributed by atoms with van der Waals surface area (Å²) in [4.78, 5) is 18.1. The highest BCUT2D eigenvalue weighted by Crippen LogP contribution is 2.40. The van der Waals surface area contributed by atoms with Crippen LogP contribution in [0, 0.1) is 0 Å². The van der Waals surface area contributed by atoms with Gasteiger partial charge in [-0.05, 0) is 47.3 Å². The van der Waals surface area contributed by atoms with Gasteiger partial charge in [-0.2, -0.15) is 5.10 Å². The van der Waals surface area contributed by atoms with Crippen LogP contribution in [0.2, 0.25) is 0 Å². The Kier molecular flexibility index (Phi) is 6.37. The minimum Gasteiger partial charge on any atom is -0.493 e. The molecule has 8 nitrogen and oxygen atoms in total. The average Bonchev–Trinajstić information content (AvgIpc) is 3.54. The Hall–Kier alpha value is -3.85. The Balaban J connectivity index is 1.48. The third kappa shape index (κ3) is 4.42. The lowest BCUT2D eigenvalue weighted by atomic mass is 10.1. The lowest BCUT2D eigenvalue weighted by molar-refractivity contribution is 0.0946. The number of ether oxygens (including phenoxy) is 3. The van der Waals surface area contributed by atoms with Crippen LogP contribution in [0.4, 0.5) is 0 Å². The van der Waals surface area contributed by atoms with E-state index in [-0.39, 0.29) is 5.91 Å². The van der Waals surface area contributed by atoms with E-state index in [1.165, 1.54) is 0 Å². The molecule has 0 spiro atoms. The van der Waals surface area contributed by atoms with Crippen molar-refractivity contribution in [2.75, 3.05) is 21.3 Å². The van der Waals surface area contributed by atoms with Crippen molar-refractivity contribution < 1.29 is 19.0 Å². The quantitative estimate of drug-likeness (QED) is 0.418. The average molecular weight is 451 g/mol. The third-order valence-corrected chi connectivity index (χ3v) is 5.73. The summed E-state index contributed by atoms with van der Waals surface area (Å²) in [5.41, 5.74) is 3.50. The normalized spacial score (nSPS) is 10.6. The summed E-state index contributed by atoms with van der Waals surface area (Å²) in [5.74, 6) is 1.25. The van der Waals surface area contributed by atoms with Crippen molar-refractivity contribution in [1.82, 2.24) is 20.5 Å². The molecule has 9 heteroatoms. The highest BCUT2D eigenvalue weighted by Gasteiger charge is 2.17. The first-order valence-electron chi connectivity index (χ1n) is 9.75. The Bertz CT molecular complexity index is 1200. The van der Waals surface area contributed by atoms with E-state index in [0.29, 0.717) is 35.2 Å². The van der Waals surface area contributed by atoms with Crippen molar-refractivity contribution in [2.45, 2.75) is 6.54 Å². The molecule has 0 radical (unpaired) electrons. The van der Waals surface area contributed by atoms with Crippen molar-refractivity contribution in [3.05, 3.63) is 65.3 Å². The van der Waals surface area contributed by atoms with Crippen molar-refractivity contribution in [3.8, 4) is 39.1 Å². The van der Waals surface area contributed by atoms with Gasteiger partial charge in [-0.15, -0.1) is 11.3 Å². The first-order chi connectivity index (χ1) is 15.6. The van der Waals surface area contributed by atoms with Crippen molar-refractivity contribution in [3.63, 3.8) is 0 Å².